The van der Waals surface area contributed by atoms with Crippen molar-refractivity contribution in [1.29, 1.82) is 0 Å². The number of methoxy groups -OCH3 is 1. The molecule has 0 aromatic heterocycles. The number of ether oxygens (including phenoxy) is 1. The van der Waals surface area contributed by atoms with E-state index in [0.29, 0.717) is 0 Å². The number of carbonyl (C=O) groups is 1. The zero-order valence-electron chi connectivity index (χ0n) is 8.71. The monoisotopic (exact) mass is 195 g/mol. The van der Waals surface area contributed by atoms with E-state index in [9.17, 15) is 4.79 Å². The third-order valence-corrected chi connectivity index (χ3v) is 2.99. The van der Waals surface area contributed by atoms with E-state index in [1.54, 1.807) is 18.3 Å². The van der Waals surface area contributed by atoms with Crippen LogP contribution in [0.25, 0.3) is 0 Å². The SMILES string of the molecule is COCC(=O)N1CCC(=C2CC2)CC1. The van der Waals surface area contributed by atoms with Gasteiger partial charge in [0.25, 0.3) is 0 Å². The van der Waals surface area contributed by atoms with Crippen molar-refractivity contribution in [2.45, 2.75) is 25.7 Å². The average Bonchev–Trinajstić information content (AvgIpc) is 3.02. The van der Waals surface area contributed by atoms with Gasteiger partial charge in [0.15, 0.2) is 0 Å². The summed E-state index contributed by atoms with van der Waals surface area (Å²) in [5.74, 6) is 0.132. The standard InChI is InChI=1S/C11H17NO2/c1-14-8-11(13)12-6-4-10(5-7-12)9-2-3-9/h2-8H2,1H3. The molecule has 2 rings (SSSR count). The molecule has 1 amide bonds. The molecule has 2 aliphatic rings. The summed E-state index contributed by atoms with van der Waals surface area (Å²) in [6.45, 7) is 2.01. The number of piperidine rings is 1. The largest absolute Gasteiger partial charge is 0.375 e. The van der Waals surface area contributed by atoms with Crippen LogP contribution in [0.2, 0.25) is 0 Å². The van der Waals surface area contributed by atoms with E-state index in [0.717, 1.165) is 25.9 Å². The fraction of sp³-hybridized carbons (Fsp3) is 0.727. The second-order valence-electron chi connectivity index (χ2n) is 4.02. The van der Waals surface area contributed by atoms with Crippen LogP contribution >= 0.6 is 0 Å². The predicted octanol–water partition coefficient (Wildman–Crippen LogP) is 1.35. The Bertz CT molecular complexity index is 254. The first-order chi connectivity index (χ1) is 6.81. The first kappa shape index (κ1) is 9.71. The van der Waals surface area contributed by atoms with E-state index < -0.39 is 0 Å². The number of nitrogens with zero attached hydrogens (tertiary/aromatic N) is 1. The Labute approximate surface area is 84.7 Å². The molecule has 1 saturated heterocycles. The van der Waals surface area contributed by atoms with Gasteiger partial charge in [-0.15, -0.1) is 0 Å². The second-order valence-corrected chi connectivity index (χ2v) is 4.02. The molecule has 0 aromatic carbocycles. The van der Waals surface area contributed by atoms with E-state index in [2.05, 4.69) is 0 Å². The summed E-state index contributed by atoms with van der Waals surface area (Å²) in [6.07, 6.45) is 4.79. The summed E-state index contributed by atoms with van der Waals surface area (Å²) in [5, 5.41) is 0. The highest BCUT2D eigenvalue weighted by atomic mass is 16.5. The fourth-order valence-corrected chi connectivity index (χ4v) is 2.01. The molecule has 1 saturated carbocycles. The van der Waals surface area contributed by atoms with E-state index >= 15 is 0 Å². The molecule has 3 heteroatoms. The number of amides is 1. The van der Waals surface area contributed by atoms with Crippen LogP contribution in [0.15, 0.2) is 11.1 Å². The van der Waals surface area contributed by atoms with Gasteiger partial charge in [-0.3, -0.25) is 4.79 Å². The first-order valence-electron chi connectivity index (χ1n) is 5.27. The van der Waals surface area contributed by atoms with Gasteiger partial charge in [0.1, 0.15) is 6.61 Å². The minimum absolute atomic E-state index is 0.132. The first-order valence-corrected chi connectivity index (χ1v) is 5.27. The van der Waals surface area contributed by atoms with Gasteiger partial charge in [-0.1, -0.05) is 11.1 Å². The van der Waals surface area contributed by atoms with Gasteiger partial charge in [0, 0.05) is 20.2 Å². The normalized spacial score (nSPS) is 21.4. The molecule has 1 aliphatic carbocycles. The fourth-order valence-electron chi connectivity index (χ4n) is 2.01. The molecule has 3 nitrogen and oxygen atoms in total. The molecule has 0 unspecified atom stereocenters. The van der Waals surface area contributed by atoms with E-state index in [1.165, 1.54) is 12.8 Å². The van der Waals surface area contributed by atoms with E-state index in [4.69, 9.17) is 4.74 Å². The van der Waals surface area contributed by atoms with Gasteiger partial charge in [0.05, 0.1) is 0 Å². The number of carbonyl (C=O) groups excluding carboxylic acids is 1. The van der Waals surface area contributed by atoms with Crippen LogP contribution in [0.3, 0.4) is 0 Å². The van der Waals surface area contributed by atoms with Gasteiger partial charge in [-0.05, 0) is 25.7 Å². The van der Waals surface area contributed by atoms with Gasteiger partial charge < -0.3 is 9.64 Å². The molecule has 0 atom stereocenters. The quantitative estimate of drug-likeness (QED) is 0.622. The van der Waals surface area contributed by atoms with Crippen molar-refractivity contribution >= 4 is 5.91 Å². The van der Waals surface area contributed by atoms with Crippen LogP contribution in [-0.4, -0.2) is 37.6 Å². The topological polar surface area (TPSA) is 29.5 Å². The maximum atomic E-state index is 11.5. The molecule has 0 aromatic rings. The van der Waals surface area contributed by atoms with Crippen LogP contribution in [0.4, 0.5) is 0 Å². The molecule has 1 aliphatic heterocycles. The second kappa shape index (κ2) is 4.13. The molecule has 2 fully saturated rings. The maximum Gasteiger partial charge on any atom is 0.248 e. The van der Waals surface area contributed by atoms with Gasteiger partial charge in [-0.2, -0.15) is 0 Å². The molecule has 0 N–H and O–H groups in total. The molecule has 0 radical (unpaired) electrons. The molecular formula is C11H17NO2. The predicted molar refractivity (Wildman–Crippen MR) is 54.0 cm³/mol. The molecule has 78 valence electrons. The van der Waals surface area contributed by atoms with E-state index in [1.807, 2.05) is 4.90 Å². The maximum absolute atomic E-state index is 11.5. The number of allylic oxidation sites excluding steroid dienone is 1. The van der Waals surface area contributed by atoms with Gasteiger partial charge >= 0.3 is 0 Å². The summed E-state index contributed by atoms with van der Waals surface area (Å²) in [7, 11) is 1.57. The number of rotatable bonds is 2. The lowest BCUT2D eigenvalue weighted by Crippen LogP contribution is -2.38. The van der Waals surface area contributed by atoms with Crippen LogP contribution < -0.4 is 0 Å². The van der Waals surface area contributed by atoms with Crippen molar-refractivity contribution in [2.24, 2.45) is 0 Å². The Morgan fingerprint density at radius 3 is 2.29 bits per heavy atom. The third kappa shape index (κ3) is 2.15. The molecule has 1 heterocycles. The zero-order chi connectivity index (χ0) is 9.97. The van der Waals surface area contributed by atoms with Crippen LogP contribution in [0.1, 0.15) is 25.7 Å². The summed E-state index contributed by atoms with van der Waals surface area (Å²) in [5.41, 5.74) is 3.27. The Morgan fingerprint density at radius 2 is 1.79 bits per heavy atom. The summed E-state index contributed by atoms with van der Waals surface area (Å²) >= 11 is 0. The van der Waals surface area contributed by atoms with Crippen molar-refractivity contribution in [3.8, 4) is 0 Å². The lowest BCUT2D eigenvalue weighted by Gasteiger charge is -2.28. The summed E-state index contributed by atoms with van der Waals surface area (Å²) in [6, 6.07) is 0. The molecule has 0 spiro atoms. The zero-order valence-corrected chi connectivity index (χ0v) is 8.71. The third-order valence-electron chi connectivity index (χ3n) is 2.99. The van der Waals surface area contributed by atoms with Crippen LogP contribution in [0.5, 0.6) is 0 Å². The lowest BCUT2D eigenvalue weighted by molar-refractivity contribution is -0.135. The highest BCUT2D eigenvalue weighted by Gasteiger charge is 2.23. The van der Waals surface area contributed by atoms with Crippen molar-refractivity contribution < 1.29 is 9.53 Å². The lowest BCUT2D eigenvalue weighted by atomic mass is 10.0. The van der Waals surface area contributed by atoms with Crippen molar-refractivity contribution in [3.05, 3.63) is 11.1 Å². The van der Waals surface area contributed by atoms with Gasteiger partial charge in [-0.25, -0.2) is 0 Å². The molecule has 0 bridgehead atoms. The Hall–Kier alpha value is -0.830. The Kier molecular flexibility index (Phi) is 2.87. The minimum atomic E-state index is 0.132. The average molecular weight is 195 g/mol. The van der Waals surface area contributed by atoms with Crippen LogP contribution in [-0.2, 0) is 9.53 Å². The smallest absolute Gasteiger partial charge is 0.248 e. The Morgan fingerprint density at radius 1 is 1.21 bits per heavy atom. The van der Waals surface area contributed by atoms with Crippen LogP contribution in [0, 0.1) is 0 Å². The summed E-state index contributed by atoms with van der Waals surface area (Å²) < 4.78 is 4.84. The number of hydrogen-bond acceptors (Lipinski definition) is 2. The molecular weight excluding hydrogens is 178 g/mol. The van der Waals surface area contributed by atoms with Crippen molar-refractivity contribution in [1.82, 2.24) is 4.90 Å². The van der Waals surface area contributed by atoms with Crippen molar-refractivity contribution in [2.75, 3.05) is 26.8 Å². The number of hydrogen-bond donors (Lipinski definition) is 0. The summed E-state index contributed by atoms with van der Waals surface area (Å²) in [4.78, 5) is 13.4. The minimum Gasteiger partial charge on any atom is -0.375 e. The highest BCUT2D eigenvalue weighted by molar-refractivity contribution is 5.77. The Balaban J connectivity index is 1.83. The van der Waals surface area contributed by atoms with E-state index in [-0.39, 0.29) is 12.5 Å². The van der Waals surface area contributed by atoms with Gasteiger partial charge in [0.2, 0.25) is 5.91 Å². The molecule has 14 heavy (non-hydrogen) atoms. The van der Waals surface area contributed by atoms with Crippen molar-refractivity contribution in [3.63, 3.8) is 0 Å². The highest BCUT2D eigenvalue weighted by Crippen LogP contribution is 2.35. The number of likely N-dealkylation sites (tertiary alicyclic amines) is 1.